The molecule has 0 radical (unpaired) electrons. The number of halogens is 1. The number of carbonyl (C=O) groups is 2. The molecule has 2 amide bonds. The first kappa shape index (κ1) is 35.9. The number of furan rings is 1. The Balaban J connectivity index is 0.00000108. The minimum Gasteiger partial charge on any atom is -0.514 e. The van der Waals surface area contributed by atoms with E-state index in [1.165, 1.54) is 37.3 Å². The molecule has 8 nitrogen and oxygen atoms in total. The van der Waals surface area contributed by atoms with Crippen molar-refractivity contribution in [2.24, 2.45) is 5.92 Å². The van der Waals surface area contributed by atoms with E-state index in [0.29, 0.717) is 28.3 Å². The van der Waals surface area contributed by atoms with E-state index in [-0.39, 0.29) is 55.5 Å². The van der Waals surface area contributed by atoms with Gasteiger partial charge in [0.05, 0.1) is 12.9 Å². The van der Waals surface area contributed by atoms with Gasteiger partial charge in [0.25, 0.3) is 0 Å². The molecule has 0 bridgehead atoms. The molecular weight excluding hydrogens is 749 g/mol. The number of amides is 2. The molecule has 0 fully saturated rings. The predicted molar refractivity (Wildman–Crippen MR) is 156 cm³/mol. The smallest absolute Gasteiger partial charge is 0.514 e. The van der Waals surface area contributed by atoms with Crippen LogP contribution in [0.1, 0.15) is 48.9 Å². The number of hydrogen-bond acceptors (Lipinski definition) is 6. The number of hydrogen-bond donors (Lipinski definition) is 3. The summed E-state index contributed by atoms with van der Waals surface area (Å²) in [4.78, 5) is 27.9. The van der Waals surface area contributed by atoms with Crippen molar-refractivity contribution < 1.29 is 54.2 Å². The van der Waals surface area contributed by atoms with Crippen molar-refractivity contribution in [2.75, 3.05) is 20.7 Å². The summed E-state index contributed by atoms with van der Waals surface area (Å²) in [5.41, 5.74) is 0.585. The van der Waals surface area contributed by atoms with E-state index in [4.69, 9.17) is 14.6 Å². The number of nitrogens with one attached hydrogen (secondary N) is 3. The van der Waals surface area contributed by atoms with Gasteiger partial charge in [0.2, 0.25) is 11.8 Å². The molecule has 0 aliphatic heterocycles. The van der Waals surface area contributed by atoms with Crippen LogP contribution in [0, 0.1) is 68.2 Å². The summed E-state index contributed by atoms with van der Waals surface area (Å²) < 4.78 is 25.2. The van der Waals surface area contributed by atoms with Gasteiger partial charge in [0, 0.05) is 37.0 Å². The number of ether oxygens (including phenoxy) is 1. The van der Waals surface area contributed by atoms with Crippen LogP contribution in [0.4, 0.5) is 4.39 Å². The maximum absolute atomic E-state index is 14.3. The fourth-order valence-corrected chi connectivity index (χ4v) is 3.55. The molecule has 1 aromatic heterocycles. The topological polar surface area (TPSA) is 108 Å². The van der Waals surface area contributed by atoms with Gasteiger partial charge in [-0.2, -0.15) is 0 Å². The number of fused-ring (bicyclic) bond motifs is 1. The quantitative estimate of drug-likeness (QED) is 0.177. The average Bonchev–Trinajstić information content (AvgIpc) is 3.37. The van der Waals surface area contributed by atoms with Crippen molar-refractivity contribution in [3.8, 4) is 5.75 Å². The molecular formula is C31H39FN4O4U. The summed E-state index contributed by atoms with van der Waals surface area (Å²) in [5, 5.41) is 12.9. The summed E-state index contributed by atoms with van der Waals surface area (Å²) in [6, 6.07) is 12.8. The third kappa shape index (κ3) is 9.47. The number of aryl methyl sites for hydroxylation is 1. The van der Waals surface area contributed by atoms with E-state index >= 15 is 0 Å². The molecule has 0 spiro atoms. The zero-order valence-electron chi connectivity index (χ0n) is 24.6. The SMILES string of the molecule is C=C(CN(C(=O)c1[c-]c2cc(C)ccc2o1)C([CH2-])(C)C(=O)NCc1c(F)cccc1OC)NC.CCC(C)C=N.[U+2]. The van der Waals surface area contributed by atoms with Crippen molar-refractivity contribution in [3.05, 3.63) is 84.4 Å². The van der Waals surface area contributed by atoms with Gasteiger partial charge >= 0.3 is 31.1 Å². The van der Waals surface area contributed by atoms with Crippen molar-refractivity contribution in [1.29, 1.82) is 5.41 Å². The molecule has 41 heavy (non-hydrogen) atoms. The predicted octanol–water partition coefficient (Wildman–Crippen LogP) is 5.46. The molecule has 0 saturated heterocycles. The summed E-state index contributed by atoms with van der Waals surface area (Å²) in [5.74, 6) is -0.972. The van der Waals surface area contributed by atoms with Crippen molar-refractivity contribution in [1.82, 2.24) is 15.5 Å². The number of benzene rings is 2. The van der Waals surface area contributed by atoms with E-state index in [2.05, 4.69) is 37.1 Å². The van der Waals surface area contributed by atoms with Gasteiger partial charge in [-0.15, -0.1) is 11.5 Å². The summed E-state index contributed by atoms with van der Waals surface area (Å²) >= 11 is 0. The normalized spacial score (nSPS) is 12.5. The maximum atomic E-state index is 14.3. The zero-order chi connectivity index (χ0) is 30.0. The minimum atomic E-state index is -1.59. The molecule has 0 aliphatic rings. The monoisotopic (exact) mass is 788 g/mol. The standard InChI is InChI=1S/C26H28FN3O4.C5H11N.U/c1-16-10-11-21-18(12-16)13-23(34-21)24(31)30(15-17(2)28-5)26(3,4)25(32)29-14-19-20(27)8-7-9-22(19)33-6;1-3-5(2)4-6;/h7-12,28H,2-3,14-15H2,1,4-6H3,(H,29,32);4-6H,3H2,1-2H3;/q-2;;+2. The molecule has 218 valence electrons. The average molecular weight is 789 g/mol. The van der Waals surface area contributed by atoms with Gasteiger partial charge in [-0.3, -0.25) is 4.79 Å². The van der Waals surface area contributed by atoms with Gasteiger partial charge < -0.3 is 41.8 Å². The van der Waals surface area contributed by atoms with Crippen LogP contribution in [0.15, 0.2) is 53.1 Å². The van der Waals surface area contributed by atoms with Gasteiger partial charge in [-0.05, 0) is 43.1 Å². The number of carbonyl (C=O) groups excluding carboxylic acids is 2. The van der Waals surface area contributed by atoms with Crippen LogP contribution >= 0.6 is 0 Å². The molecule has 0 saturated carbocycles. The van der Waals surface area contributed by atoms with E-state index in [0.717, 1.165) is 12.0 Å². The third-order valence-electron chi connectivity index (χ3n) is 6.47. The Morgan fingerprint density at radius 3 is 2.59 bits per heavy atom. The Labute approximate surface area is 266 Å². The zero-order valence-corrected chi connectivity index (χ0v) is 28.8. The van der Waals surface area contributed by atoms with Gasteiger partial charge in [0.1, 0.15) is 11.6 Å². The molecule has 2 atom stereocenters. The first-order valence-corrected chi connectivity index (χ1v) is 12.9. The molecule has 3 rings (SSSR count). The van der Waals surface area contributed by atoms with E-state index in [1.807, 2.05) is 26.0 Å². The third-order valence-corrected chi connectivity index (χ3v) is 6.47. The molecule has 3 N–H and O–H groups in total. The maximum Gasteiger partial charge on any atom is 2.00 e. The van der Waals surface area contributed by atoms with Gasteiger partial charge in [-0.1, -0.05) is 57.2 Å². The van der Waals surface area contributed by atoms with Crippen LogP contribution in [-0.4, -0.2) is 49.2 Å². The molecule has 3 aromatic rings. The Morgan fingerprint density at radius 1 is 1.34 bits per heavy atom. The molecule has 2 unspecified atom stereocenters. The van der Waals surface area contributed by atoms with Crippen molar-refractivity contribution >= 4 is 29.0 Å². The van der Waals surface area contributed by atoms with Crippen LogP contribution in [0.25, 0.3) is 11.0 Å². The van der Waals surface area contributed by atoms with Crippen LogP contribution < -0.4 is 15.4 Å². The number of nitrogens with zero attached hydrogens (tertiary/aromatic N) is 1. The summed E-state index contributed by atoms with van der Waals surface area (Å²) in [6.45, 7) is 15.2. The second kappa shape index (κ2) is 16.4. The molecule has 10 heteroatoms. The van der Waals surface area contributed by atoms with E-state index in [9.17, 15) is 14.0 Å². The van der Waals surface area contributed by atoms with Crippen LogP contribution in [-0.2, 0) is 11.3 Å². The largest absolute Gasteiger partial charge is 2.00 e. The Kier molecular flexibility index (Phi) is 14.4. The Bertz CT molecular complexity index is 1360. The summed E-state index contributed by atoms with van der Waals surface area (Å²) in [6.07, 6.45) is 2.56. The van der Waals surface area contributed by atoms with Gasteiger partial charge in [-0.25, -0.2) is 4.39 Å². The van der Waals surface area contributed by atoms with Gasteiger partial charge in [0.15, 0.2) is 0 Å². The minimum absolute atomic E-state index is 0. The molecule has 0 aliphatic carbocycles. The van der Waals surface area contributed by atoms with Crippen molar-refractivity contribution in [2.45, 2.75) is 46.2 Å². The number of rotatable bonds is 11. The van der Waals surface area contributed by atoms with E-state index < -0.39 is 23.2 Å². The first-order valence-electron chi connectivity index (χ1n) is 12.9. The molecule has 2 aromatic carbocycles. The molecule has 1 heterocycles. The van der Waals surface area contributed by atoms with Crippen molar-refractivity contribution in [3.63, 3.8) is 0 Å². The van der Waals surface area contributed by atoms with Crippen LogP contribution in [0.3, 0.4) is 0 Å². The second-order valence-corrected chi connectivity index (χ2v) is 9.73. The fraction of sp³-hybridized carbons (Fsp3) is 0.355. The van der Waals surface area contributed by atoms with Crippen LogP contribution in [0.2, 0.25) is 0 Å². The number of methoxy groups -OCH3 is 1. The summed E-state index contributed by atoms with van der Waals surface area (Å²) in [7, 11) is 3.08. The number of likely N-dealkylation sites (N-methyl/N-ethyl adjacent to an activating group) is 1. The first-order chi connectivity index (χ1) is 18.9. The van der Waals surface area contributed by atoms with E-state index in [1.54, 1.807) is 19.2 Å². The Hall–Kier alpha value is -3.09. The fourth-order valence-electron chi connectivity index (χ4n) is 3.55. The second-order valence-electron chi connectivity index (χ2n) is 9.73. The Morgan fingerprint density at radius 2 is 2.02 bits per heavy atom. The van der Waals surface area contributed by atoms with Crippen LogP contribution in [0.5, 0.6) is 5.75 Å².